The van der Waals surface area contributed by atoms with Gasteiger partial charge in [0.05, 0.1) is 17.7 Å². The number of nitriles is 1. The highest BCUT2D eigenvalue weighted by Gasteiger charge is 2.29. The third kappa shape index (κ3) is 3.20. The average molecular weight is 230 g/mol. The van der Waals surface area contributed by atoms with Crippen molar-refractivity contribution in [1.82, 2.24) is 4.90 Å². The lowest BCUT2D eigenvalue weighted by Crippen LogP contribution is -2.31. The molecular weight excluding hydrogens is 216 g/mol. The Bertz CT molecular complexity index is 383. The van der Waals surface area contributed by atoms with Crippen molar-refractivity contribution in [2.75, 3.05) is 24.6 Å². The fourth-order valence-electron chi connectivity index (χ4n) is 1.47. The molecule has 1 fully saturated rings. The van der Waals surface area contributed by atoms with Gasteiger partial charge in [0.2, 0.25) is 5.91 Å². The number of carbonyl (C=O) groups is 1. The summed E-state index contributed by atoms with van der Waals surface area (Å²) in [4.78, 5) is 12.8. The smallest absolute Gasteiger partial charge is 0.224 e. The topological polar surface area (TPSA) is 78.2 Å². The highest BCUT2D eigenvalue weighted by molar-refractivity contribution is 7.91. The molecule has 0 aromatic heterocycles. The van der Waals surface area contributed by atoms with Crippen molar-refractivity contribution in [3.63, 3.8) is 0 Å². The zero-order chi connectivity index (χ0) is 11.5. The van der Waals surface area contributed by atoms with Gasteiger partial charge in [-0.2, -0.15) is 5.26 Å². The standard InChI is InChI=1S/C9H14N2O3S/c1-2-15(13,14)4-3-11-7-8(6-10)5-9(11)12/h8H,2-5,7H2,1H3. The van der Waals surface area contributed by atoms with Gasteiger partial charge in [-0.1, -0.05) is 6.92 Å². The van der Waals surface area contributed by atoms with Crippen LogP contribution in [-0.2, 0) is 14.6 Å². The van der Waals surface area contributed by atoms with Crippen LogP contribution in [0.1, 0.15) is 13.3 Å². The number of nitrogens with zero attached hydrogens (tertiary/aromatic N) is 2. The maximum absolute atomic E-state index is 11.3. The second-order valence-corrected chi connectivity index (χ2v) is 6.08. The largest absolute Gasteiger partial charge is 0.340 e. The monoisotopic (exact) mass is 230 g/mol. The first kappa shape index (κ1) is 12.0. The second-order valence-electron chi connectivity index (χ2n) is 3.61. The predicted molar refractivity (Wildman–Crippen MR) is 54.6 cm³/mol. The van der Waals surface area contributed by atoms with Crippen LogP contribution in [0.4, 0.5) is 0 Å². The van der Waals surface area contributed by atoms with E-state index in [1.807, 2.05) is 6.07 Å². The number of rotatable bonds is 4. The number of hydrogen-bond donors (Lipinski definition) is 0. The summed E-state index contributed by atoms with van der Waals surface area (Å²) in [7, 11) is -3.03. The van der Waals surface area contributed by atoms with E-state index in [2.05, 4.69) is 0 Å². The summed E-state index contributed by atoms with van der Waals surface area (Å²) in [6.45, 7) is 2.17. The average Bonchev–Trinajstić information content (AvgIpc) is 2.57. The summed E-state index contributed by atoms with van der Waals surface area (Å²) < 4.78 is 22.4. The van der Waals surface area contributed by atoms with Gasteiger partial charge in [-0.15, -0.1) is 0 Å². The minimum Gasteiger partial charge on any atom is -0.340 e. The molecule has 0 N–H and O–H groups in total. The molecule has 15 heavy (non-hydrogen) atoms. The Balaban J connectivity index is 2.48. The van der Waals surface area contributed by atoms with Crippen molar-refractivity contribution in [2.45, 2.75) is 13.3 Å². The molecule has 0 radical (unpaired) electrons. The Morgan fingerprint density at radius 2 is 2.27 bits per heavy atom. The minimum absolute atomic E-state index is 0.00656. The Labute approximate surface area is 89.6 Å². The molecule has 0 saturated carbocycles. The van der Waals surface area contributed by atoms with Gasteiger partial charge in [-0.05, 0) is 0 Å². The molecule has 0 aromatic carbocycles. The normalized spacial score (nSPS) is 21.7. The Morgan fingerprint density at radius 3 is 2.73 bits per heavy atom. The summed E-state index contributed by atoms with van der Waals surface area (Å²) in [5.41, 5.74) is 0. The molecule has 0 aromatic rings. The molecule has 5 nitrogen and oxygen atoms in total. The Morgan fingerprint density at radius 1 is 1.60 bits per heavy atom. The van der Waals surface area contributed by atoms with E-state index in [1.165, 1.54) is 4.90 Å². The van der Waals surface area contributed by atoms with Crippen LogP contribution in [0.15, 0.2) is 0 Å². The van der Waals surface area contributed by atoms with E-state index >= 15 is 0 Å². The number of sulfone groups is 1. The SMILES string of the molecule is CCS(=O)(=O)CCN1CC(C#N)CC1=O. The van der Waals surface area contributed by atoms with Crippen LogP contribution in [0, 0.1) is 17.2 Å². The van der Waals surface area contributed by atoms with Gasteiger partial charge in [0.1, 0.15) is 0 Å². The van der Waals surface area contributed by atoms with E-state index in [4.69, 9.17) is 5.26 Å². The summed E-state index contributed by atoms with van der Waals surface area (Å²) in [6.07, 6.45) is 0.225. The molecule has 1 saturated heterocycles. The van der Waals surface area contributed by atoms with Gasteiger partial charge < -0.3 is 4.90 Å². The molecular formula is C9H14N2O3S. The van der Waals surface area contributed by atoms with E-state index in [9.17, 15) is 13.2 Å². The van der Waals surface area contributed by atoms with E-state index in [-0.39, 0.29) is 36.3 Å². The number of likely N-dealkylation sites (tertiary alicyclic amines) is 1. The predicted octanol–water partition coefficient (Wildman–Crippen LogP) is -0.207. The molecule has 6 heteroatoms. The molecule has 1 amide bonds. The first-order chi connectivity index (χ1) is 6.98. The zero-order valence-electron chi connectivity index (χ0n) is 8.64. The van der Waals surface area contributed by atoms with Crippen molar-refractivity contribution in [3.8, 4) is 6.07 Å². The molecule has 84 valence electrons. The first-order valence-electron chi connectivity index (χ1n) is 4.86. The maximum atomic E-state index is 11.3. The second kappa shape index (κ2) is 4.62. The molecule has 1 aliphatic rings. The fourth-order valence-corrected chi connectivity index (χ4v) is 2.26. The third-order valence-electron chi connectivity index (χ3n) is 2.51. The highest BCUT2D eigenvalue weighted by Crippen LogP contribution is 2.16. The van der Waals surface area contributed by atoms with E-state index in [1.54, 1.807) is 6.92 Å². The van der Waals surface area contributed by atoms with Gasteiger partial charge in [-0.3, -0.25) is 4.79 Å². The summed E-state index contributed by atoms with van der Waals surface area (Å²) in [5, 5.41) is 8.63. The van der Waals surface area contributed by atoms with Crippen LogP contribution in [0.25, 0.3) is 0 Å². The lowest BCUT2D eigenvalue weighted by atomic mass is 10.1. The van der Waals surface area contributed by atoms with Crippen LogP contribution in [-0.4, -0.2) is 43.8 Å². The van der Waals surface area contributed by atoms with Crippen LogP contribution in [0.2, 0.25) is 0 Å². The van der Waals surface area contributed by atoms with Crippen molar-refractivity contribution < 1.29 is 13.2 Å². The van der Waals surface area contributed by atoms with E-state index in [0.717, 1.165) is 0 Å². The minimum atomic E-state index is -3.03. The molecule has 0 bridgehead atoms. The van der Waals surface area contributed by atoms with Crippen molar-refractivity contribution in [1.29, 1.82) is 5.26 Å². The van der Waals surface area contributed by atoms with Gasteiger partial charge in [-0.25, -0.2) is 8.42 Å². The van der Waals surface area contributed by atoms with Crippen molar-refractivity contribution >= 4 is 15.7 Å². The van der Waals surface area contributed by atoms with Crippen LogP contribution in [0.5, 0.6) is 0 Å². The van der Waals surface area contributed by atoms with Crippen LogP contribution in [0.3, 0.4) is 0 Å². The van der Waals surface area contributed by atoms with E-state index < -0.39 is 9.84 Å². The first-order valence-corrected chi connectivity index (χ1v) is 6.68. The molecule has 0 aliphatic carbocycles. The highest BCUT2D eigenvalue weighted by atomic mass is 32.2. The molecule has 0 spiro atoms. The molecule has 1 unspecified atom stereocenters. The summed E-state index contributed by atoms with van der Waals surface area (Å²) >= 11 is 0. The zero-order valence-corrected chi connectivity index (χ0v) is 9.46. The van der Waals surface area contributed by atoms with Gasteiger partial charge >= 0.3 is 0 Å². The molecule has 1 rings (SSSR count). The van der Waals surface area contributed by atoms with Gasteiger partial charge in [0.25, 0.3) is 0 Å². The Kier molecular flexibility index (Phi) is 3.69. The van der Waals surface area contributed by atoms with Crippen LogP contribution >= 0.6 is 0 Å². The molecule has 1 aliphatic heterocycles. The number of amides is 1. The molecule has 1 heterocycles. The van der Waals surface area contributed by atoms with Crippen LogP contribution < -0.4 is 0 Å². The summed E-state index contributed by atoms with van der Waals surface area (Å²) in [5.74, 6) is -0.306. The maximum Gasteiger partial charge on any atom is 0.224 e. The van der Waals surface area contributed by atoms with Crippen molar-refractivity contribution in [3.05, 3.63) is 0 Å². The number of hydrogen-bond acceptors (Lipinski definition) is 4. The van der Waals surface area contributed by atoms with E-state index in [0.29, 0.717) is 6.54 Å². The quantitative estimate of drug-likeness (QED) is 0.669. The lowest BCUT2D eigenvalue weighted by Gasteiger charge is -2.14. The summed E-state index contributed by atoms with van der Waals surface area (Å²) in [6, 6.07) is 2.02. The Hall–Kier alpha value is -1.09. The fraction of sp³-hybridized carbons (Fsp3) is 0.778. The van der Waals surface area contributed by atoms with Gasteiger partial charge in [0.15, 0.2) is 9.84 Å². The third-order valence-corrected chi connectivity index (χ3v) is 4.19. The van der Waals surface area contributed by atoms with Crippen molar-refractivity contribution in [2.24, 2.45) is 5.92 Å². The lowest BCUT2D eigenvalue weighted by molar-refractivity contribution is -0.127. The van der Waals surface area contributed by atoms with Gasteiger partial charge in [0, 0.05) is 25.3 Å². The molecule has 1 atom stereocenters. The number of carbonyl (C=O) groups excluding carboxylic acids is 1.